The molecule has 1 N–H and O–H groups in total. The standard InChI is InChI=1S/C13H17NO2/c1-4-12(13(16)14-10(3)15)11-7-5-9(2)6-8-11/h5-8,12H,4H2,1-3H3,(H,14,15,16). The molecular formula is C13H17NO2. The third-order valence-corrected chi connectivity index (χ3v) is 2.50. The zero-order valence-corrected chi connectivity index (χ0v) is 9.91. The van der Waals surface area contributed by atoms with Gasteiger partial charge >= 0.3 is 0 Å². The van der Waals surface area contributed by atoms with E-state index < -0.39 is 0 Å². The normalized spacial score (nSPS) is 11.9. The molecule has 16 heavy (non-hydrogen) atoms. The Labute approximate surface area is 95.9 Å². The summed E-state index contributed by atoms with van der Waals surface area (Å²) >= 11 is 0. The molecule has 0 aromatic heterocycles. The highest BCUT2D eigenvalue weighted by Crippen LogP contribution is 2.19. The van der Waals surface area contributed by atoms with E-state index in [1.807, 2.05) is 38.1 Å². The van der Waals surface area contributed by atoms with Crippen molar-refractivity contribution in [2.45, 2.75) is 33.1 Å². The smallest absolute Gasteiger partial charge is 0.234 e. The first kappa shape index (κ1) is 12.4. The number of nitrogens with one attached hydrogen (secondary N) is 1. The Bertz CT molecular complexity index is 381. The van der Waals surface area contributed by atoms with E-state index in [2.05, 4.69) is 5.32 Å². The molecule has 2 amide bonds. The average Bonchev–Trinajstić information content (AvgIpc) is 2.21. The minimum atomic E-state index is -0.310. The highest BCUT2D eigenvalue weighted by molar-refractivity contribution is 5.97. The van der Waals surface area contributed by atoms with E-state index in [1.165, 1.54) is 6.92 Å². The fraction of sp³-hybridized carbons (Fsp3) is 0.385. The molecule has 1 aromatic rings. The Kier molecular flexibility index (Phi) is 4.23. The lowest BCUT2D eigenvalue weighted by atomic mass is 9.95. The van der Waals surface area contributed by atoms with Crippen LogP contribution >= 0.6 is 0 Å². The number of rotatable bonds is 3. The van der Waals surface area contributed by atoms with Crippen LogP contribution in [0, 0.1) is 6.92 Å². The van der Waals surface area contributed by atoms with Crippen molar-refractivity contribution >= 4 is 11.8 Å². The molecule has 0 radical (unpaired) electrons. The van der Waals surface area contributed by atoms with Crippen molar-refractivity contribution in [2.24, 2.45) is 0 Å². The first-order chi connectivity index (χ1) is 7.54. The van der Waals surface area contributed by atoms with E-state index >= 15 is 0 Å². The highest BCUT2D eigenvalue weighted by atomic mass is 16.2. The summed E-state index contributed by atoms with van der Waals surface area (Å²) in [5.41, 5.74) is 2.11. The van der Waals surface area contributed by atoms with Crippen LogP contribution in [-0.2, 0) is 9.59 Å². The van der Waals surface area contributed by atoms with Gasteiger partial charge in [0.1, 0.15) is 0 Å². The Morgan fingerprint density at radius 1 is 1.25 bits per heavy atom. The van der Waals surface area contributed by atoms with Crippen molar-refractivity contribution in [3.8, 4) is 0 Å². The molecule has 3 nitrogen and oxygen atoms in total. The summed E-state index contributed by atoms with van der Waals surface area (Å²) in [5, 5.41) is 2.33. The predicted octanol–water partition coefficient (Wildman–Crippen LogP) is 2.15. The van der Waals surface area contributed by atoms with Gasteiger partial charge in [0.25, 0.3) is 0 Å². The fourth-order valence-electron chi connectivity index (χ4n) is 1.63. The predicted molar refractivity (Wildman–Crippen MR) is 63.0 cm³/mol. The van der Waals surface area contributed by atoms with Crippen LogP contribution in [0.1, 0.15) is 37.3 Å². The van der Waals surface area contributed by atoms with Crippen LogP contribution < -0.4 is 5.32 Å². The topological polar surface area (TPSA) is 46.2 Å². The van der Waals surface area contributed by atoms with Gasteiger partial charge in [-0.05, 0) is 18.9 Å². The van der Waals surface area contributed by atoms with Gasteiger partial charge in [-0.25, -0.2) is 0 Å². The number of amides is 2. The van der Waals surface area contributed by atoms with Crippen molar-refractivity contribution in [1.29, 1.82) is 0 Å². The third kappa shape index (κ3) is 3.19. The van der Waals surface area contributed by atoms with Gasteiger partial charge in [-0.2, -0.15) is 0 Å². The molecule has 0 saturated carbocycles. The molecule has 3 heteroatoms. The highest BCUT2D eigenvalue weighted by Gasteiger charge is 2.19. The van der Waals surface area contributed by atoms with Gasteiger partial charge in [-0.1, -0.05) is 36.8 Å². The lowest BCUT2D eigenvalue weighted by Crippen LogP contribution is -2.32. The number of carbonyl (C=O) groups excluding carboxylic acids is 2. The molecule has 0 heterocycles. The number of hydrogen-bond donors (Lipinski definition) is 1. The molecule has 1 unspecified atom stereocenters. The second-order valence-electron chi connectivity index (χ2n) is 3.92. The molecule has 86 valence electrons. The quantitative estimate of drug-likeness (QED) is 0.846. The maximum absolute atomic E-state index is 11.7. The fourth-order valence-corrected chi connectivity index (χ4v) is 1.63. The van der Waals surface area contributed by atoms with Gasteiger partial charge in [-0.3, -0.25) is 14.9 Å². The summed E-state index contributed by atoms with van der Waals surface area (Å²) in [5.74, 6) is -0.779. The summed E-state index contributed by atoms with van der Waals surface area (Å²) in [6.45, 7) is 5.28. The minimum absolute atomic E-state index is 0.223. The van der Waals surface area contributed by atoms with Crippen molar-refractivity contribution in [3.05, 3.63) is 35.4 Å². The number of benzene rings is 1. The largest absolute Gasteiger partial charge is 0.296 e. The molecule has 0 aliphatic heterocycles. The first-order valence-corrected chi connectivity index (χ1v) is 5.42. The number of aryl methyl sites for hydroxylation is 1. The van der Waals surface area contributed by atoms with Gasteiger partial charge in [-0.15, -0.1) is 0 Å². The zero-order chi connectivity index (χ0) is 12.1. The molecule has 1 atom stereocenters. The molecule has 1 aromatic carbocycles. The Morgan fingerprint density at radius 2 is 1.81 bits per heavy atom. The molecule has 0 aliphatic rings. The molecule has 0 aliphatic carbocycles. The summed E-state index contributed by atoms with van der Waals surface area (Å²) in [4.78, 5) is 22.6. The van der Waals surface area contributed by atoms with Crippen molar-refractivity contribution in [3.63, 3.8) is 0 Å². The first-order valence-electron chi connectivity index (χ1n) is 5.42. The van der Waals surface area contributed by atoms with E-state index in [0.717, 1.165) is 11.1 Å². The van der Waals surface area contributed by atoms with E-state index in [1.54, 1.807) is 0 Å². The lowest BCUT2D eigenvalue weighted by Gasteiger charge is -2.14. The molecule has 0 saturated heterocycles. The maximum atomic E-state index is 11.7. The summed E-state index contributed by atoms with van der Waals surface area (Å²) in [7, 11) is 0. The van der Waals surface area contributed by atoms with Gasteiger partial charge < -0.3 is 0 Å². The van der Waals surface area contributed by atoms with Gasteiger partial charge in [0.05, 0.1) is 5.92 Å². The number of imide groups is 1. The molecule has 0 spiro atoms. The van der Waals surface area contributed by atoms with Crippen LogP contribution in [0.2, 0.25) is 0 Å². The molecule has 0 bridgehead atoms. The molecule has 1 rings (SSSR count). The lowest BCUT2D eigenvalue weighted by molar-refractivity contribution is -0.130. The van der Waals surface area contributed by atoms with Crippen LogP contribution in [0.3, 0.4) is 0 Å². The van der Waals surface area contributed by atoms with E-state index in [0.29, 0.717) is 6.42 Å². The van der Waals surface area contributed by atoms with Gasteiger partial charge in [0.2, 0.25) is 11.8 Å². The monoisotopic (exact) mass is 219 g/mol. The van der Waals surface area contributed by atoms with Crippen LogP contribution in [0.5, 0.6) is 0 Å². The van der Waals surface area contributed by atoms with Crippen LogP contribution in [0.25, 0.3) is 0 Å². The molecular weight excluding hydrogens is 202 g/mol. The Hall–Kier alpha value is -1.64. The van der Waals surface area contributed by atoms with Crippen molar-refractivity contribution in [1.82, 2.24) is 5.32 Å². The Morgan fingerprint density at radius 3 is 2.25 bits per heavy atom. The van der Waals surface area contributed by atoms with E-state index in [-0.39, 0.29) is 17.7 Å². The molecule has 0 fully saturated rings. The summed E-state index contributed by atoms with van der Waals surface area (Å²) < 4.78 is 0. The number of carbonyl (C=O) groups is 2. The van der Waals surface area contributed by atoms with E-state index in [4.69, 9.17) is 0 Å². The van der Waals surface area contributed by atoms with Gasteiger partial charge in [0, 0.05) is 6.92 Å². The minimum Gasteiger partial charge on any atom is -0.296 e. The Balaban J connectivity index is 2.85. The zero-order valence-electron chi connectivity index (χ0n) is 9.91. The van der Waals surface area contributed by atoms with E-state index in [9.17, 15) is 9.59 Å². The van der Waals surface area contributed by atoms with Crippen LogP contribution in [0.4, 0.5) is 0 Å². The second kappa shape index (κ2) is 5.45. The SMILES string of the molecule is CCC(C(=O)NC(C)=O)c1ccc(C)cc1. The number of hydrogen-bond acceptors (Lipinski definition) is 2. The van der Waals surface area contributed by atoms with Gasteiger partial charge in [0.15, 0.2) is 0 Å². The average molecular weight is 219 g/mol. The van der Waals surface area contributed by atoms with Crippen molar-refractivity contribution in [2.75, 3.05) is 0 Å². The van der Waals surface area contributed by atoms with Crippen molar-refractivity contribution < 1.29 is 9.59 Å². The summed E-state index contributed by atoms with van der Waals surface area (Å²) in [6.07, 6.45) is 0.683. The van der Waals surface area contributed by atoms with Crippen LogP contribution in [-0.4, -0.2) is 11.8 Å². The summed E-state index contributed by atoms with van der Waals surface area (Å²) in [6, 6.07) is 7.81. The van der Waals surface area contributed by atoms with Crippen LogP contribution in [0.15, 0.2) is 24.3 Å². The maximum Gasteiger partial charge on any atom is 0.234 e. The second-order valence-corrected chi connectivity index (χ2v) is 3.92. The third-order valence-electron chi connectivity index (χ3n) is 2.50.